The average Bonchev–Trinajstić information content (AvgIpc) is 2.42. The molecule has 108 valence electrons. The number of piperazine rings is 1. The third-order valence-electron chi connectivity index (χ3n) is 3.56. The van der Waals surface area contributed by atoms with Crippen LogP contribution >= 0.6 is 34.8 Å². The fraction of sp³-hybridized carbons (Fsp3) is 0.429. The van der Waals surface area contributed by atoms with Crippen molar-refractivity contribution in [2.24, 2.45) is 0 Å². The Bertz CT molecular complexity index is 527. The summed E-state index contributed by atoms with van der Waals surface area (Å²) in [5.41, 5.74) is 1.83. The lowest BCUT2D eigenvalue weighted by molar-refractivity contribution is -0.883. The maximum atomic E-state index is 12.2. The van der Waals surface area contributed by atoms with Crippen LogP contribution in [0.2, 0.25) is 0 Å². The summed E-state index contributed by atoms with van der Waals surface area (Å²) in [6.45, 7) is 5.93. The van der Waals surface area contributed by atoms with Crippen molar-refractivity contribution in [2.75, 3.05) is 33.2 Å². The molecular weight excluding hydrogens is 385 g/mol. The molecule has 1 aliphatic rings. The molecule has 0 radical (unpaired) electrons. The van der Waals surface area contributed by atoms with Gasteiger partial charge in [-0.05, 0) is 59.4 Å². The molecule has 0 saturated carbocycles. The molecule has 2 rings (SSSR count). The van der Waals surface area contributed by atoms with Gasteiger partial charge < -0.3 is 9.80 Å². The number of benzene rings is 1. The predicted octanol–water partition coefficient (Wildman–Crippen LogP) is 0.445. The maximum Gasteiger partial charge on any atom is 0.257 e. The Balaban J connectivity index is 1.97. The fourth-order valence-electron chi connectivity index (χ4n) is 2.07. The van der Waals surface area contributed by atoms with E-state index < -0.39 is 0 Å². The number of aryl methyl sites for hydroxylation is 1. The highest BCUT2D eigenvalue weighted by atomic mass is 127. The first-order chi connectivity index (χ1) is 9.47. The first-order valence-corrected chi connectivity index (χ1v) is 8.14. The van der Waals surface area contributed by atoms with Crippen LogP contribution in [0.3, 0.4) is 0 Å². The quantitative estimate of drug-likeness (QED) is 0.527. The van der Waals surface area contributed by atoms with Gasteiger partial charge in [-0.15, -0.1) is 0 Å². The van der Waals surface area contributed by atoms with Gasteiger partial charge in [0.05, 0.1) is 33.2 Å². The van der Waals surface area contributed by atoms with Crippen molar-refractivity contribution in [2.45, 2.75) is 6.92 Å². The number of carbonyl (C=O) groups is 1. The first kappa shape index (κ1) is 15.7. The van der Waals surface area contributed by atoms with Gasteiger partial charge in [-0.1, -0.05) is 6.07 Å². The number of carbonyl (C=O) groups excluding carboxylic acids is 1. The second-order valence-corrected chi connectivity index (χ2v) is 6.72. The van der Waals surface area contributed by atoms with Gasteiger partial charge in [0.15, 0.2) is 5.11 Å². The summed E-state index contributed by atoms with van der Waals surface area (Å²) in [6.07, 6.45) is 0. The van der Waals surface area contributed by atoms with Crippen molar-refractivity contribution in [1.82, 2.24) is 10.2 Å². The van der Waals surface area contributed by atoms with E-state index in [1.807, 2.05) is 25.1 Å². The molecule has 20 heavy (non-hydrogen) atoms. The van der Waals surface area contributed by atoms with E-state index in [0.717, 1.165) is 29.7 Å². The van der Waals surface area contributed by atoms with Crippen molar-refractivity contribution < 1.29 is 9.69 Å². The normalized spacial score (nSPS) is 16.1. The van der Waals surface area contributed by atoms with Crippen LogP contribution in [0.5, 0.6) is 0 Å². The van der Waals surface area contributed by atoms with Crippen molar-refractivity contribution in [3.05, 3.63) is 32.9 Å². The molecule has 4 nitrogen and oxygen atoms in total. The standard InChI is InChI=1S/C14H18IN3OS/c1-10-3-4-11(9-12(10)15)13(19)16-14(20)18-7-5-17(2)6-8-18/h3-4,9H,5-8H2,1-2H3,(H,16,19,20)/p+1. The summed E-state index contributed by atoms with van der Waals surface area (Å²) >= 11 is 7.57. The summed E-state index contributed by atoms with van der Waals surface area (Å²) in [6, 6.07) is 5.69. The van der Waals surface area contributed by atoms with Crippen LogP contribution in [-0.2, 0) is 0 Å². The second-order valence-electron chi connectivity index (χ2n) is 5.17. The number of hydrogen-bond acceptors (Lipinski definition) is 2. The molecule has 0 bridgehead atoms. The molecule has 1 heterocycles. The number of thiocarbonyl (C=S) groups is 1. The zero-order valence-corrected chi connectivity index (χ0v) is 14.7. The van der Waals surface area contributed by atoms with Crippen molar-refractivity contribution in [1.29, 1.82) is 0 Å². The number of hydrogen-bond donors (Lipinski definition) is 2. The minimum absolute atomic E-state index is 0.126. The van der Waals surface area contributed by atoms with Crippen LogP contribution in [0.15, 0.2) is 18.2 Å². The summed E-state index contributed by atoms with van der Waals surface area (Å²) in [4.78, 5) is 15.8. The van der Waals surface area contributed by atoms with Gasteiger partial charge in [-0.3, -0.25) is 10.1 Å². The molecule has 0 aromatic heterocycles. The summed E-state index contributed by atoms with van der Waals surface area (Å²) < 4.78 is 1.09. The molecule has 1 aromatic carbocycles. The van der Waals surface area contributed by atoms with E-state index in [9.17, 15) is 4.79 Å². The monoisotopic (exact) mass is 404 g/mol. The molecule has 1 fully saturated rings. The SMILES string of the molecule is Cc1ccc(C(=O)NC(=S)N2CC[NH+](C)CC2)cc1I. The molecule has 1 saturated heterocycles. The van der Waals surface area contributed by atoms with E-state index in [1.165, 1.54) is 10.5 Å². The summed E-state index contributed by atoms with van der Waals surface area (Å²) in [7, 11) is 2.17. The molecular formula is C14H19IN3OS+. The number of quaternary nitrogens is 1. The number of nitrogens with one attached hydrogen (secondary N) is 2. The van der Waals surface area contributed by atoms with E-state index in [0.29, 0.717) is 10.7 Å². The van der Waals surface area contributed by atoms with E-state index in [-0.39, 0.29) is 5.91 Å². The largest absolute Gasteiger partial charge is 0.338 e. The molecule has 0 aliphatic carbocycles. The zero-order chi connectivity index (χ0) is 14.7. The number of likely N-dealkylation sites (N-methyl/N-ethyl adjacent to an activating group) is 1. The van der Waals surface area contributed by atoms with Crippen molar-refractivity contribution in [3.8, 4) is 0 Å². The fourth-order valence-corrected chi connectivity index (χ4v) is 2.86. The van der Waals surface area contributed by atoms with Crippen molar-refractivity contribution >= 4 is 45.8 Å². The van der Waals surface area contributed by atoms with Crippen molar-refractivity contribution in [3.63, 3.8) is 0 Å². The smallest absolute Gasteiger partial charge is 0.257 e. The first-order valence-electron chi connectivity index (χ1n) is 6.65. The number of rotatable bonds is 1. The number of nitrogens with zero attached hydrogens (tertiary/aromatic N) is 1. The third kappa shape index (κ3) is 3.89. The molecule has 1 aliphatic heterocycles. The lowest BCUT2D eigenvalue weighted by Gasteiger charge is -2.31. The lowest BCUT2D eigenvalue weighted by atomic mass is 10.1. The molecule has 6 heteroatoms. The Kier molecular flexibility index (Phi) is 5.34. The Hall–Kier alpha value is -0.730. The van der Waals surface area contributed by atoms with E-state index >= 15 is 0 Å². The topological polar surface area (TPSA) is 36.8 Å². The number of amides is 1. The van der Waals surface area contributed by atoms with Crippen LogP contribution in [-0.4, -0.2) is 49.1 Å². The highest BCUT2D eigenvalue weighted by Gasteiger charge is 2.20. The zero-order valence-electron chi connectivity index (χ0n) is 11.7. The summed E-state index contributed by atoms with van der Waals surface area (Å²) in [5.74, 6) is -0.126. The van der Waals surface area contributed by atoms with Gasteiger partial charge in [0.1, 0.15) is 0 Å². The summed E-state index contributed by atoms with van der Waals surface area (Å²) in [5, 5.41) is 3.37. The third-order valence-corrected chi connectivity index (χ3v) is 5.08. The Labute approximate surface area is 138 Å². The molecule has 2 N–H and O–H groups in total. The highest BCUT2D eigenvalue weighted by Crippen LogP contribution is 2.13. The van der Waals surface area contributed by atoms with Crippen LogP contribution < -0.4 is 10.2 Å². The molecule has 1 aromatic rings. The molecule has 0 atom stereocenters. The Morgan fingerprint density at radius 1 is 1.40 bits per heavy atom. The van der Waals surface area contributed by atoms with Gasteiger partial charge >= 0.3 is 0 Å². The van der Waals surface area contributed by atoms with Gasteiger partial charge in [0.25, 0.3) is 5.91 Å². The van der Waals surface area contributed by atoms with Crippen LogP contribution in [0.1, 0.15) is 15.9 Å². The van der Waals surface area contributed by atoms with E-state index in [4.69, 9.17) is 12.2 Å². The van der Waals surface area contributed by atoms with E-state index in [2.05, 4.69) is 39.9 Å². The molecule has 0 spiro atoms. The molecule has 1 amide bonds. The predicted molar refractivity (Wildman–Crippen MR) is 92.2 cm³/mol. The van der Waals surface area contributed by atoms with E-state index in [1.54, 1.807) is 0 Å². The van der Waals surface area contributed by atoms with Crippen LogP contribution in [0.4, 0.5) is 0 Å². The maximum absolute atomic E-state index is 12.2. The van der Waals surface area contributed by atoms with Gasteiger partial charge in [-0.2, -0.15) is 0 Å². The second kappa shape index (κ2) is 6.82. The van der Waals surface area contributed by atoms with Gasteiger partial charge in [0.2, 0.25) is 0 Å². The minimum Gasteiger partial charge on any atom is -0.338 e. The van der Waals surface area contributed by atoms with Crippen LogP contribution in [0.25, 0.3) is 0 Å². The number of halogens is 1. The Morgan fingerprint density at radius 3 is 2.65 bits per heavy atom. The van der Waals surface area contributed by atoms with Crippen LogP contribution in [0, 0.1) is 10.5 Å². The highest BCUT2D eigenvalue weighted by molar-refractivity contribution is 14.1. The lowest BCUT2D eigenvalue weighted by Crippen LogP contribution is -3.12. The van der Waals surface area contributed by atoms with Gasteiger partial charge in [-0.25, -0.2) is 0 Å². The molecule has 0 unspecified atom stereocenters. The Morgan fingerprint density at radius 2 is 2.05 bits per heavy atom. The average molecular weight is 404 g/mol. The van der Waals surface area contributed by atoms with Gasteiger partial charge in [0, 0.05) is 9.13 Å². The minimum atomic E-state index is -0.126.